The summed E-state index contributed by atoms with van der Waals surface area (Å²) < 4.78 is 12.3. The van der Waals surface area contributed by atoms with Gasteiger partial charge in [0, 0.05) is 31.2 Å². The van der Waals surface area contributed by atoms with Gasteiger partial charge in [0.1, 0.15) is 0 Å². The number of ether oxygens (including phenoxy) is 2. The van der Waals surface area contributed by atoms with Crippen LogP contribution in [0.25, 0.3) is 0 Å². The van der Waals surface area contributed by atoms with Crippen LogP contribution >= 0.6 is 0 Å². The highest BCUT2D eigenvalue weighted by molar-refractivity contribution is 5.91. The Morgan fingerprint density at radius 3 is 2.47 bits per heavy atom. The van der Waals surface area contributed by atoms with Crippen molar-refractivity contribution in [3.05, 3.63) is 95.3 Å². The van der Waals surface area contributed by atoms with Gasteiger partial charge in [0.05, 0.1) is 31.0 Å². The molecule has 38 heavy (non-hydrogen) atoms. The summed E-state index contributed by atoms with van der Waals surface area (Å²) in [5.74, 6) is -0.931. The van der Waals surface area contributed by atoms with E-state index in [9.17, 15) is 14.7 Å². The number of nitrogens with zero attached hydrogens (tertiary/aromatic N) is 2. The van der Waals surface area contributed by atoms with Gasteiger partial charge in [-0.1, -0.05) is 36.4 Å². The fraction of sp³-hybridized carbons (Fsp3) is 0.367. The number of carbonyl (C=O) groups is 2. The number of para-hydroxylation sites is 1. The Morgan fingerprint density at radius 2 is 1.74 bits per heavy atom. The van der Waals surface area contributed by atoms with Crippen molar-refractivity contribution in [3.8, 4) is 0 Å². The molecule has 1 fully saturated rings. The molecule has 1 aliphatic rings. The summed E-state index contributed by atoms with van der Waals surface area (Å²) in [6, 6.07) is 18.5. The van der Waals surface area contributed by atoms with Gasteiger partial charge in [0.2, 0.25) is 0 Å². The van der Waals surface area contributed by atoms with Crippen molar-refractivity contribution in [2.24, 2.45) is 0 Å². The highest BCUT2D eigenvalue weighted by Crippen LogP contribution is 2.25. The molecule has 0 spiro atoms. The smallest absolute Gasteiger partial charge is 0.336 e. The molecule has 0 saturated heterocycles. The minimum absolute atomic E-state index is 0.00482. The first-order valence-electron chi connectivity index (χ1n) is 13.0. The molecule has 1 heterocycles. The van der Waals surface area contributed by atoms with Gasteiger partial charge in [-0.25, -0.2) is 9.59 Å². The van der Waals surface area contributed by atoms with Gasteiger partial charge < -0.3 is 24.8 Å². The maximum atomic E-state index is 13.1. The van der Waals surface area contributed by atoms with Crippen molar-refractivity contribution >= 4 is 17.7 Å². The summed E-state index contributed by atoms with van der Waals surface area (Å²) in [4.78, 5) is 30.5. The molecular formula is C30H35N3O5. The first-order chi connectivity index (χ1) is 18.5. The lowest BCUT2D eigenvalue weighted by atomic mass is 9.94. The predicted octanol–water partition coefficient (Wildman–Crippen LogP) is 5.67. The molecule has 8 nitrogen and oxygen atoms in total. The van der Waals surface area contributed by atoms with E-state index in [4.69, 9.17) is 9.47 Å². The van der Waals surface area contributed by atoms with Crippen molar-refractivity contribution in [3.63, 3.8) is 0 Å². The molecule has 2 atom stereocenters. The Hall–Kier alpha value is -3.75. The SMILES string of the molecule is Cc1cccc(COC2CCCC(OCCN(Cc3ccncc3)C(=O)Nc3ccccc3)C2)c1C(=O)O. The molecule has 0 radical (unpaired) electrons. The number of nitrogens with one attached hydrogen (secondary N) is 1. The molecule has 200 valence electrons. The van der Waals surface area contributed by atoms with Gasteiger partial charge in [-0.3, -0.25) is 4.98 Å². The molecule has 0 aliphatic heterocycles. The zero-order chi connectivity index (χ0) is 26.7. The molecule has 8 heteroatoms. The fourth-order valence-electron chi connectivity index (χ4n) is 4.78. The van der Waals surface area contributed by atoms with Gasteiger partial charge in [-0.2, -0.15) is 0 Å². The number of carboxylic acids is 1. The first-order valence-corrected chi connectivity index (χ1v) is 13.0. The molecule has 0 bridgehead atoms. The largest absolute Gasteiger partial charge is 0.478 e. The summed E-state index contributed by atoms with van der Waals surface area (Å²) in [6.45, 7) is 3.36. The van der Waals surface area contributed by atoms with Gasteiger partial charge in [-0.05, 0) is 73.6 Å². The Kier molecular flexibility index (Phi) is 9.84. The number of rotatable bonds is 11. The molecule has 2 aromatic carbocycles. The van der Waals surface area contributed by atoms with Gasteiger partial charge in [-0.15, -0.1) is 0 Å². The lowest BCUT2D eigenvalue weighted by Crippen LogP contribution is -2.38. The van der Waals surface area contributed by atoms with Crippen molar-refractivity contribution in [2.45, 2.75) is 58.0 Å². The molecule has 1 saturated carbocycles. The molecule has 2 unspecified atom stereocenters. The zero-order valence-electron chi connectivity index (χ0n) is 21.7. The Morgan fingerprint density at radius 1 is 1.00 bits per heavy atom. The number of pyridine rings is 1. The highest BCUT2D eigenvalue weighted by Gasteiger charge is 2.24. The van der Waals surface area contributed by atoms with Crippen LogP contribution in [0.5, 0.6) is 0 Å². The van der Waals surface area contributed by atoms with E-state index in [1.165, 1.54) is 0 Å². The Bertz CT molecular complexity index is 1190. The maximum absolute atomic E-state index is 13.1. The fourth-order valence-corrected chi connectivity index (χ4v) is 4.78. The quantitative estimate of drug-likeness (QED) is 0.340. The number of aromatic carboxylic acids is 1. The summed E-state index contributed by atoms with van der Waals surface area (Å²) >= 11 is 0. The number of hydrogen-bond acceptors (Lipinski definition) is 5. The third-order valence-corrected chi connectivity index (χ3v) is 6.78. The lowest BCUT2D eigenvalue weighted by molar-refractivity contribution is -0.0524. The van der Waals surface area contributed by atoms with Crippen LogP contribution in [0.2, 0.25) is 0 Å². The second-order valence-corrected chi connectivity index (χ2v) is 9.58. The first kappa shape index (κ1) is 27.3. The molecule has 2 N–H and O–H groups in total. The minimum Gasteiger partial charge on any atom is -0.478 e. The van der Waals surface area contributed by atoms with Crippen molar-refractivity contribution in [2.75, 3.05) is 18.5 Å². The summed E-state index contributed by atoms with van der Waals surface area (Å²) in [7, 11) is 0. The average molecular weight is 518 g/mol. The third kappa shape index (κ3) is 7.87. The second kappa shape index (κ2) is 13.7. The number of aromatic nitrogens is 1. The molecular weight excluding hydrogens is 482 g/mol. The number of amides is 2. The third-order valence-electron chi connectivity index (χ3n) is 6.78. The van der Waals surface area contributed by atoms with Crippen LogP contribution in [0.1, 0.15) is 52.7 Å². The van der Waals surface area contributed by atoms with E-state index < -0.39 is 5.97 Å². The summed E-state index contributed by atoms with van der Waals surface area (Å²) in [5, 5.41) is 12.5. The number of carbonyl (C=O) groups excluding carboxylic acids is 1. The van der Waals surface area contributed by atoms with Crippen LogP contribution < -0.4 is 5.32 Å². The number of benzene rings is 2. The number of anilines is 1. The normalized spacial score (nSPS) is 17.1. The van der Waals surface area contributed by atoms with Crippen LogP contribution in [0.15, 0.2) is 73.1 Å². The van der Waals surface area contributed by atoms with Crippen LogP contribution in [0.3, 0.4) is 0 Å². The maximum Gasteiger partial charge on any atom is 0.336 e. The molecule has 2 amide bonds. The van der Waals surface area contributed by atoms with E-state index >= 15 is 0 Å². The topological polar surface area (TPSA) is 101 Å². The van der Waals surface area contributed by atoms with E-state index in [1.807, 2.05) is 54.6 Å². The number of urea groups is 1. The Labute approximate surface area is 223 Å². The van der Waals surface area contributed by atoms with Crippen LogP contribution in [-0.4, -0.2) is 52.4 Å². The highest BCUT2D eigenvalue weighted by atomic mass is 16.5. The molecule has 1 aromatic heterocycles. The summed E-state index contributed by atoms with van der Waals surface area (Å²) in [6.07, 6.45) is 7.05. The van der Waals surface area contributed by atoms with Gasteiger partial charge in [0.15, 0.2) is 0 Å². The number of carboxylic acid groups (broad SMARTS) is 1. The van der Waals surface area contributed by atoms with Crippen molar-refractivity contribution < 1.29 is 24.2 Å². The molecule has 3 aromatic rings. The second-order valence-electron chi connectivity index (χ2n) is 9.58. The molecule has 1 aliphatic carbocycles. The van der Waals surface area contributed by atoms with E-state index in [0.29, 0.717) is 30.8 Å². The van der Waals surface area contributed by atoms with Crippen LogP contribution in [0.4, 0.5) is 10.5 Å². The summed E-state index contributed by atoms with van der Waals surface area (Å²) in [5.41, 5.74) is 3.48. The van der Waals surface area contributed by atoms with E-state index in [-0.39, 0.29) is 24.8 Å². The van der Waals surface area contributed by atoms with E-state index in [0.717, 1.165) is 42.5 Å². The zero-order valence-corrected chi connectivity index (χ0v) is 21.7. The van der Waals surface area contributed by atoms with E-state index in [1.54, 1.807) is 30.3 Å². The van der Waals surface area contributed by atoms with E-state index in [2.05, 4.69) is 10.3 Å². The number of hydrogen-bond donors (Lipinski definition) is 2. The number of aryl methyl sites for hydroxylation is 1. The van der Waals surface area contributed by atoms with Gasteiger partial charge >= 0.3 is 12.0 Å². The van der Waals surface area contributed by atoms with Crippen LogP contribution in [-0.2, 0) is 22.6 Å². The van der Waals surface area contributed by atoms with Gasteiger partial charge in [0.25, 0.3) is 0 Å². The minimum atomic E-state index is -0.931. The Balaban J connectivity index is 1.30. The monoisotopic (exact) mass is 517 g/mol. The molecule has 4 rings (SSSR count). The van der Waals surface area contributed by atoms with Crippen LogP contribution in [0, 0.1) is 6.92 Å². The standard InChI is InChI=1S/C30H35N3O5/c1-22-7-5-8-24(28(22)29(34)35)21-38-27-12-6-11-26(19-27)37-18-17-33(20-23-13-15-31-16-14-23)30(36)32-25-9-3-2-4-10-25/h2-5,7-10,13-16,26-27H,6,11-12,17-21H2,1H3,(H,32,36)(H,34,35). The van der Waals surface area contributed by atoms with Crippen molar-refractivity contribution in [1.29, 1.82) is 0 Å². The lowest BCUT2D eigenvalue weighted by Gasteiger charge is -2.30. The predicted molar refractivity (Wildman–Crippen MR) is 145 cm³/mol. The van der Waals surface area contributed by atoms with Crippen molar-refractivity contribution in [1.82, 2.24) is 9.88 Å². The average Bonchev–Trinajstić information content (AvgIpc) is 2.92.